The Kier molecular flexibility index (Phi) is 16.4. The molecule has 0 bridgehead atoms. The quantitative estimate of drug-likeness (QED) is 0.565. The Morgan fingerprint density at radius 3 is 1.88 bits per heavy atom. The van der Waals surface area contributed by atoms with Gasteiger partial charge in [-0.05, 0) is 12.5 Å². The molecule has 0 unspecified atom stereocenters. The van der Waals surface area contributed by atoms with Gasteiger partial charge in [0.05, 0.1) is 6.54 Å². The van der Waals surface area contributed by atoms with Crippen LogP contribution >= 0.6 is 0 Å². The third-order valence-electron chi connectivity index (χ3n) is 1.86. The van der Waals surface area contributed by atoms with E-state index in [0.29, 0.717) is 0 Å². The normalized spacial score (nSPS) is 8.75. The van der Waals surface area contributed by atoms with Crippen LogP contribution in [-0.4, -0.2) is 18.6 Å². The number of nitrogens with zero attached hydrogens (tertiary/aromatic N) is 1. The standard InChI is InChI=1S/C11H17N.3CH4.Y/c1-10-7-5-6-8-11(10)9-12(2,3)4;;;;/h5-8H,2,9H2,1,3-4H3;3*1H4;. The van der Waals surface area contributed by atoms with Gasteiger partial charge >= 0.3 is 0 Å². The molecule has 1 radical (unpaired) electrons. The van der Waals surface area contributed by atoms with Crippen LogP contribution in [0.3, 0.4) is 0 Å². The van der Waals surface area contributed by atoms with Gasteiger partial charge < -0.3 is 4.48 Å². The number of benzene rings is 1. The van der Waals surface area contributed by atoms with Crippen LogP contribution in [0.4, 0.5) is 0 Å². The predicted octanol–water partition coefficient (Wildman–Crippen LogP) is 4.27. The summed E-state index contributed by atoms with van der Waals surface area (Å²) in [5.74, 6) is 0. The van der Waals surface area contributed by atoms with Crippen molar-refractivity contribution in [1.29, 1.82) is 0 Å². The van der Waals surface area contributed by atoms with Crippen LogP contribution in [-0.2, 0) is 39.3 Å². The molecule has 0 heterocycles. The smallest absolute Gasteiger partial charge is 0.0801 e. The second-order valence-electron chi connectivity index (χ2n) is 4.02. The van der Waals surface area contributed by atoms with Gasteiger partial charge in [-0.1, -0.05) is 46.5 Å². The molecule has 0 amide bonds. The molecule has 1 rings (SSSR count). The van der Waals surface area contributed by atoms with Crippen molar-refractivity contribution < 1.29 is 37.2 Å². The monoisotopic (exact) mass is 300 g/mol. The second kappa shape index (κ2) is 10.4. The van der Waals surface area contributed by atoms with Crippen molar-refractivity contribution >= 4 is 0 Å². The summed E-state index contributed by atoms with van der Waals surface area (Å²) in [6.07, 6.45) is 0. The summed E-state index contributed by atoms with van der Waals surface area (Å²) in [4.78, 5) is 0. The molecule has 0 N–H and O–H groups in total. The molecule has 0 spiro atoms. The molecule has 2 heteroatoms. The first-order valence-corrected chi connectivity index (χ1v) is 4.21. The predicted molar refractivity (Wildman–Crippen MR) is 72.5 cm³/mol. The summed E-state index contributed by atoms with van der Waals surface area (Å²) in [7, 11) is 8.25. The van der Waals surface area contributed by atoms with E-state index >= 15 is 0 Å². The molecule has 93 valence electrons. The summed E-state index contributed by atoms with van der Waals surface area (Å²) < 4.78 is 0.741. The van der Waals surface area contributed by atoms with E-state index in [0.717, 1.165) is 11.0 Å². The maximum absolute atomic E-state index is 4.04. The van der Waals surface area contributed by atoms with Gasteiger partial charge in [-0.15, -0.1) is 7.05 Å². The first-order valence-electron chi connectivity index (χ1n) is 4.21. The summed E-state index contributed by atoms with van der Waals surface area (Å²) in [5.41, 5.74) is 2.74. The Bertz CT molecular complexity index is 264. The Balaban J connectivity index is -0.000000180. The zero-order valence-corrected chi connectivity index (χ0v) is 11.6. The SMILES string of the molecule is C.C.C.[CH2-][N+](C)(C)Cc1ccccc1C.[Y]. The van der Waals surface area contributed by atoms with E-state index in [-0.39, 0.29) is 55.0 Å². The fraction of sp³-hybridized carbons (Fsp3) is 0.500. The van der Waals surface area contributed by atoms with Crippen LogP contribution in [0.2, 0.25) is 0 Å². The zero-order chi connectivity index (χ0) is 9.19. The van der Waals surface area contributed by atoms with E-state index in [4.69, 9.17) is 0 Å². The molecule has 0 aliphatic rings. The number of aryl methyl sites for hydroxylation is 1. The van der Waals surface area contributed by atoms with Gasteiger partial charge in [-0.25, -0.2) is 0 Å². The van der Waals surface area contributed by atoms with Crippen LogP contribution in [0.15, 0.2) is 24.3 Å². The average molecular weight is 300 g/mol. The minimum absolute atomic E-state index is 0. The van der Waals surface area contributed by atoms with Crippen LogP contribution in [0.5, 0.6) is 0 Å². The Labute approximate surface area is 129 Å². The molecule has 0 aromatic heterocycles. The fourth-order valence-electron chi connectivity index (χ4n) is 1.25. The zero-order valence-electron chi connectivity index (χ0n) is 8.75. The van der Waals surface area contributed by atoms with E-state index in [1.54, 1.807) is 0 Å². The van der Waals surface area contributed by atoms with E-state index < -0.39 is 0 Å². The third-order valence-corrected chi connectivity index (χ3v) is 1.86. The molecule has 0 saturated heterocycles. The van der Waals surface area contributed by atoms with Gasteiger partial charge in [0.25, 0.3) is 0 Å². The van der Waals surface area contributed by atoms with E-state index in [1.807, 2.05) is 0 Å². The van der Waals surface area contributed by atoms with Crippen molar-refractivity contribution in [3.8, 4) is 0 Å². The first kappa shape index (κ1) is 25.2. The molecule has 1 aromatic carbocycles. The Morgan fingerprint density at radius 1 is 1.06 bits per heavy atom. The summed E-state index contributed by atoms with van der Waals surface area (Å²) >= 11 is 0. The van der Waals surface area contributed by atoms with Crippen molar-refractivity contribution in [3.05, 3.63) is 42.4 Å². The largest absolute Gasteiger partial charge is 0.458 e. The minimum atomic E-state index is 0. The van der Waals surface area contributed by atoms with E-state index in [1.165, 1.54) is 11.1 Å². The van der Waals surface area contributed by atoms with E-state index in [2.05, 4.69) is 52.3 Å². The molecule has 0 aliphatic heterocycles. The minimum Gasteiger partial charge on any atom is -0.458 e. The van der Waals surface area contributed by atoms with Gasteiger partial charge in [0, 0.05) is 52.4 Å². The topological polar surface area (TPSA) is 0 Å². The van der Waals surface area contributed by atoms with Crippen molar-refractivity contribution in [3.63, 3.8) is 0 Å². The number of rotatable bonds is 2. The molecular formula is C14H29NY. The second-order valence-corrected chi connectivity index (χ2v) is 4.02. The molecule has 0 aliphatic carbocycles. The van der Waals surface area contributed by atoms with E-state index in [9.17, 15) is 0 Å². The van der Waals surface area contributed by atoms with Gasteiger partial charge in [-0.3, -0.25) is 0 Å². The van der Waals surface area contributed by atoms with Crippen LogP contribution in [0.25, 0.3) is 0 Å². The van der Waals surface area contributed by atoms with Crippen molar-refractivity contribution in [2.24, 2.45) is 0 Å². The van der Waals surface area contributed by atoms with Crippen LogP contribution in [0, 0.1) is 14.0 Å². The van der Waals surface area contributed by atoms with Crippen molar-refractivity contribution in [2.75, 3.05) is 14.1 Å². The fourth-order valence-corrected chi connectivity index (χ4v) is 1.25. The summed E-state index contributed by atoms with van der Waals surface area (Å²) in [5, 5.41) is 0. The Morgan fingerprint density at radius 2 is 1.50 bits per heavy atom. The van der Waals surface area contributed by atoms with Crippen molar-refractivity contribution in [1.82, 2.24) is 0 Å². The Hall–Kier alpha value is 0.284. The van der Waals surface area contributed by atoms with Crippen molar-refractivity contribution in [2.45, 2.75) is 35.7 Å². The van der Waals surface area contributed by atoms with Crippen LogP contribution < -0.4 is 0 Å². The molecule has 1 aromatic rings. The van der Waals surface area contributed by atoms with Crippen LogP contribution in [0.1, 0.15) is 33.4 Å². The molecule has 0 saturated carbocycles. The first-order chi connectivity index (χ1) is 5.49. The number of quaternary nitrogens is 1. The maximum Gasteiger partial charge on any atom is 0.0801 e. The van der Waals surface area contributed by atoms with Gasteiger partial charge in [0.15, 0.2) is 0 Å². The summed E-state index contributed by atoms with van der Waals surface area (Å²) in [6, 6.07) is 8.46. The molecule has 1 nitrogen and oxygen atoms in total. The molecule has 0 atom stereocenters. The summed E-state index contributed by atoms with van der Waals surface area (Å²) in [6.45, 7) is 3.14. The van der Waals surface area contributed by atoms with Gasteiger partial charge in [0.1, 0.15) is 0 Å². The van der Waals surface area contributed by atoms with Gasteiger partial charge in [-0.2, -0.15) is 0 Å². The molecule has 0 fully saturated rings. The third kappa shape index (κ3) is 9.51. The number of hydrogen-bond donors (Lipinski definition) is 0. The van der Waals surface area contributed by atoms with Gasteiger partial charge in [0.2, 0.25) is 0 Å². The maximum atomic E-state index is 4.04. The molecule has 16 heavy (non-hydrogen) atoms. The number of hydrogen-bond acceptors (Lipinski definition) is 0. The molecular weight excluding hydrogens is 271 g/mol. The average Bonchev–Trinajstić information content (AvgIpc) is 1.91.